The molecule has 1 aromatic carbocycles. The monoisotopic (exact) mass is 373 g/mol. The average Bonchev–Trinajstić information content (AvgIpc) is 2.54. The van der Waals surface area contributed by atoms with Crippen LogP contribution in [0.1, 0.15) is 42.6 Å². The zero-order valence-corrected chi connectivity index (χ0v) is 15.3. The Balaban J connectivity index is 3.27. The van der Waals surface area contributed by atoms with E-state index in [0.29, 0.717) is 12.0 Å². The maximum Gasteiger partial charge on any atom is 0.338 e. The van der Waals surface area contributed by atoms with Gasteiger partial charge in [-0.05, 0) is 37.1 Å². The molecule has 2 N–H and O–H groups in total. The van der Waals surface area contributed by atoms with Crippen LogP contribution in [0.15, 0.2) is 23.1 Å². The quantitative estimate of drug-likeness (QED) is 0.597. The minimum atomic E-state index is -4.13. The van der Waals surface area contributed by atoms with E-state index >= 15 is 0 Å². The van der Waals surface area contributed by atoms with E-state index in [-0.39, 0.29) is 30.1 Å². The van der Waals surface area contributed by atoms with Crippen LogP contribution in [0.2, 0.25) is 0 Å². The standard InChI is InChI=1S/C16H23NO7S/c1-4-6-14(15(18)19)17-25(21,22)13-8-11(10-23-3)7-12(9-13)16(20)24-5-2/h7-9,14,17H,4-6,10H2,1-3H3,(H,18,19). The molecule has 0 radical (unpaired) electrons. The van der Waals surface area contributed by atoms with Crippen molar-refractivity contribution in [2.75, 3.05) is 13.7 Å². The molecule has 0 heterocycles. The van der Waals surface area contributed by atoms with Crippen molar-refractivity contribution in [3.8, 4) is 0 Å². The number of carboxylic acid groups (broad SMARTS) is 1. The molecule has 25 heavy (non-hydrogen) atoms. The summed E-state index contributed by atoms with van der Waals surface area (Å²) in [6, 6.07) is 2.72. The molecule has 1 unspecified atom stereocenters. The molecule has 0 bridgehead atoms. The normalized spacial score (nSPS) is 12.6. The van der Waals surface area contributed by atoms with E-state index in [9.17, 15) is 18.0 Å². The topological polar surface area (TPSA) is 119 Å². The lowest BCUT2D eigenvalue weighted by molar-refractivity contribution is -0.139. The zero-order valence-electron chi connectivity index (χ0n) is 14.4. The molecule has 0 saturated heterocycles. The minimum Gasteiger partial charge on any atom is -0.480 e. The Hall–Kier alpha value is -1.97. The van der Waals surface area contributed by atoms with Gasteiger partial charge in [0.05, 0.1) is 23.7 Å². The summed E-state index contributed by atoms with van der Waals surface area (Å²) in [6.45, 7) is 3.62. The summed E-state index contributed by atoms with van der Waals surface area (Å²) >= 11 is 0. The van der Waals surface area contributed by atoms with Gasteiger partial charge in [-0.15, -0.1) is 0 Å². The number of nitrogens with one attached hydrogen (secondary N) is 1. The maximum atomic E-state index is 12.5. The van der Waals surface area contributed by atoms with Crippen molar-refractivity contribution >= 4 is 22.0 Å². The fourth-order valence-corrected chi connectivity index (χ4v) is 3.49. The summed E-state index contributed by atoms with van der Waals surface area (Å²) in [5.41, 5.74) is 0.509. The zero-order chi connectivity index (χ0) is 19.0. The van der Waals surface area contributed by atoms with E-state index in [1.54, 1.807) is 13.8 Å². The number of aliphatic carboxylic acids is 1. The molecule has 1 aromatic rings. The van der Waals surface area contributed by atoms with E-state index in [1.807, 2.05) is 0 Å². The highest BCUT2D eigenvalue weighted by Crippen LogP contribution is 2.18. The van der Waals surface area contributed by atoms with Gasteiger partial charge in [-0.25, -0.2) is 13.2 Å². The largest absolute Gasteiger partial charge is 0.480 e. The van der Waals surface area contributed by atoms with Crippen LogP contribution in [0, 0.1) is 0 Å². The van der Waals surface area contributed by atoms with Gasteiger partial charge in [-0.3, -0.25) is 4.79 Å². The summed E-state index contributed by atoms with van der Waals surface area (Å²) in [7, 11) is -2.70. The lowest BCUT2D eigenvalue weighted by atomic mass is 10.1. The molecular formula is C16H23NO7S. The van der Waals surface area contributed by atoms with E-state index in [1.165, 1.54) is 19.2 Å². The molecule has 0 aliphatic heterocycles. The SMILES string of the molecule is CCCC(NS(=O)(=O)c1cc(COC)cc(C(=O)OCC)c1)C(=O)O. The van der Waals surface area contributed by atoms with E-state index in [0.717, 1.165) is 6.07 Å². The van der Waals surface area contributed by atoms with Crippen molar-refractivity contribution in [1.82, 2.24) is 4.72 Å². The van der Waals surface area contributed by atoms with Crippen molar-refractivity contribution in [1.29, 1.82) is 0 Å². The highest BCUT2D eigenvalue weighted by molar-refractivity contribution is 7.89. The Bertz CT molecular complexity index is 715. The Labute approximate surface area is 147 Å². The van der Waals surface area contributed by atoms with Gasteiger partial charge in [0.15, 0.2) is 0 Å². The van der Waals surface area contributed by atoms with Crippen molar-refractivity contribution in [2.24, 2.45) is 0 Å². The van der Waals surface area contributed by atoms with Gasteiger partial charge < -0.3 is 14.6 Å². The summed E-state index contributed by atoms with van der Waals surface area (Å²) in [6.07, 6.45) is 0.647. The predicted molar refractivity (Wildman–Crippen MR) is 89.8 cm³/mol. The van der Waals surface area contributed by atoms with E-state index in [2.05, 4.69) is 4.72 Å². The molecule has 1 rings (SSSR count). The summed E-state index contributed by atoms with van der Waals surface area (Å²) in [4.78, 5) is 22.9. The summed E-state index contributed by atoms with van der Waals surface area (Å²) in [5, 5.41) is 9.15. The lowest BCUT2D eigenvalue weighted by Gasteiger charge is -2.15. The third-order valence-electron chi connectivity index (χ3n) is 3.27. The smallest absolute Gasteiger partial charge is 0.338 e. The van der Waals surface area contributed by atoms with Gasteiger partial charge >= 0.3 is 11.9 Å². The van der Waals surface area contributed by atoms with Gasteiger partial charge in [0.25, 0.3) is 0 Å². The predicted octanol–water partition coefficient (Wildman–Crippen LogP) is 1.54. The van der Waals surface area contributed by atoms with Gasteiger partial charge in [0.1, 0.15) is 6.04 Å². The number of carbonyl (C=O) groups is 2. The summed E-state index contributed by atoms with van der Waals surface area (Å²) in [5.74, 6) is -1.93. The van der Waals surface area contributed by atoms with Crippen LogP contribution in [-0.4, -0.2) is 45.2 Å². The number of esters is 1. The number of hydrogen-bond acceptors (Lipinski definition) is 6. The number of rotatable bonds is 10. The minimum absolute atomic E-state index is 0.0548. The molecule has 0 aliphatic rings. The molecule has 0 spiro atoms. The highest BCUT2D eigenvalue weighted by atomic mass is 32.2. The van der Waals surface area contributed by atoms with Crippen LogP contribution in [0.25, 0.3) is 0 Å². The number of sulfonamides is 1. The van der Waals surface area contributed by atoms with Crippen molar-refractivity contribution in [3.05, 3.63) is 29.3 Å². The molecule has 0 fully saturated rings. The Morgan fingerprint density at radius 1 is 1.24 bits per heavy atom. The van der Waals surface area contributed by atoms with Gasteiger partial charge in [0, 0.05) is 7.11 Å². The van der Waals surface area contributed by atoms with Gasteiger partial charge in [0.2, 0.25) is 10.0 Å². The van der Waals surface area contributed by atoms with Gasteiger partial charge in [-0.2, -0.15) is 4.72 Å². The number of ether oxygens (including phenoxy) is 2. The molecule has 140 valence electrons. The van der Waals surface area contributed by atoms with Crippen LogP contribution in [-0.2, 0) is 30.9 Å². The molecule has 1 atom stereocenters. The van der Waals surface area contributed by atoms with Crippen molar-refractivity contribution in [3.63, 3.8) is 0 Å². The van der Waals surface area contributed by atoms with Crippen LogP contribution in [0.4, 0.5) is 0 Å². The Morgan fingerprint density at radius 3 is 2.44 bits per heavy atom. The molecular weight excluding hydrogens is 350 g/mol. The number of carbonyl (C=O) groups excluding carboxylic acids is 1. The van der Waals surface area contributed by atoms with Crippen molar-refractivity contribution in [2.45, 2.75) is 44.2 Å². The number of methoxy groups -OCH3 is 1. The van der Waals surface area contributed by atoms with E-state index < -0.39 is 28.0 Å². The molecule has 0 aromatic heterocycles. The highest BCUT2D eigenvalue weighted by Gasteiger charge is 2.26. The first kappa shape index (κ1) is 21.1. The Kier molecular flexibility index (Phi) is 8.01. The number of hydrogen-bond donors (Lipinski definition) is 2. The van der Waals surface area contributed by atoms with E-state index in [4.69, 9.17) is 14.6 Å². The Morgan fingerprint density at radius 2 is 1.92 bits per heavy atom. The lowest BCUT2D eigenvalue weighted by Crippen LogP contribution is -2.40. The average molecular weight is 373 g/mol. The molecule has 0 amide bonds. The second-order valence-corrected chi connectivity index (χ2v) is 7.03. The molecule has 8 nitrogen and oxygen atoms in total. The van der Waals surface area contributed by atoms with Gasteiger partial charge in [-0.1, -0.05) is 13.3 Å². The summed E-state index contributed by atoms with van der Waals surface area (Å²) < 4.78 is 37.1. The number of benzene rings is 1. The maximum absolute atomic E-state index is 12.5. The fraction of sp³-hybridized carbons (Fsp3) is 0.500. The molecule has 0 saturated carbocycles. The van der Waals surface area contributed by atoms with Crippen LogP contribution >= 0.6 is 0 Å². The number of carboxylic acids is 1. The third-order valence-corrected chi connectivity index (χ3v) is 4.72. The molecule has 9 heteroatoms. The van der Waals surface area contributed by atoms with Crippen LogP contribution in [0.5, 0.6) is 0 Å². The first-order valence-corrected chi connectivity index (χ1v) is 9.28. The first-order valence-electron chi connectivity index (χ1n) is 7.80. The second-order valence-electron chi connectivity index (χ2n) is 5.32. The molecule has 0 aliphatic carbocycles. The first-order chi connectivity index (χ1) is 11.7. The van der Waals surface area contributed by atoms with Crippen molar-refractivity contribution < 1.29 is 32.6 Å². The fourth-order valence-electron chi connectivity index (χ4n) is 2.17. The van der Waals surface area contributed by atoms with Crippen LogP contribution < -0.4 is 4.72 Å². The second kappa shape index (κ2) is 9.50. The van der Waals surface area contributed by atoms with Crippen LogP contribution in [0.3, 0.4) is 0 Å². The third kappa shape index (κ3) is 6.11.